The van der Waals surface area contributed by atoms with Crippen molar-refractivity contribution < 1.29 is 23.1 Å². The van der Waals surface area contributed by atoms with Gasteiger partial charge in [-0.15, -0.1) is 0 Å². The van der Waals surface area contributed by atoms with Crippen molar-refractivity contribution >= 4 is 51.0 Å². The number of amidine groups is 2. The van der Waals surface area contributed by atoms with Crippen molar-refractivity contribution in [2.45, 2.75) is 18.9 Å². The summed E-state index contributed by atoms with van der Waals surface area (Å²) in [4.78, 5) is 13.3. The van der Waals surface area contributed by atoms with Crippen LogP contribution in [0.25, 0.3) is 6.08 Å². The number of carboxylic acid groups (broad SMARTS) is 1. The molecule has 3 aromatic rings. The Bertz CT molecular complexity index is 1590. The number of nitrogens with two attached hydrogens (primary N) is 1. The number of hydrogen-bond acceptors (Lipinski definition) is 6. The topological polar surface area (TPSA) is 161 Å². The number of likely N-dealkylation sites (tertiary alicyclic amines) is 1. The number of benzene rings is 3. The van der Waals surface area contributed by atoms with Gasteiger partial charge in [0.25, 0.3) is 0 Å². The number of nitrogens with one attached hydrogen (secondary N) is 2. The number of aliphatic carboxylic acids is 1. The highest BCUT2D eigenvalue weighted by Crippen LogP contribution is 2.33. The van der Waals surface area contributed by atoms with Crippen LogP contribution in [0.1, 0.15) is 29.5 Å². The molecule has 12 heteroatoms. The Morgan fingerprint density at radius 3 is 2.38 bits per heavy atom. The van der Waals surface area contributed by atoms with E-state index in [1.165, 1.54) is 12.1 Å². The van der Waals surface area contributed by atoms with Crippen LogP contribution in [0, 0.1) is 10.8 Å². The second kappa shape index (κ2) is 13.5. The van der Waals surface area contributed by atoms with Crippen LogP contribution in [-0.2, 0) is 14.8 Å². The maximum absolute atomic E-state index is 13.0. The first kappa shape index (κ1) is 30.6. The Morgan fingerprint density at radius 2 is 1.74 bits per heavy atom. The molecule has 0 unspecified atom stereocenters. The number of nitrogen functional groups attached to an aromatic ring is 1. The summed E-state index contributed by atoms with van der Waals surface area (Å²) in [5.41, 5.74) is 7.82. The maximum atomic E-state index is 13.0. The minimum Gasteiger partial charge on any atom is -0.489 e. The van der Waals surface area contributed by atoms with Gasteiger partial charge in [0.2, 0.25) is 10.0 Å². The molecule has 42 heavy (non-hydrogen) atoms. The van der Waals surface area contributed by atoms with E-state index in [2.05, 4.69) is 0 Å². The lowest BCUT2D eigenvalue weighted by Gasteiger charge is -2.34. The molecule has 5 N–H and O–H groups in total. The first-order valence-corrected chi connectivity index (χ1v) is 15.2. The number of ether oxygens (including phenoxy) is 1. The average molecular weight is 610 g/mol. The summed E-state index contributed by atoms with van der Waals surface area (Å²) in [5, 5.41) is 25.5. The van der Waals surface area contributed by atoms with Crippen molar-refractivity contribution in [1.82, 2.24) is 4.90 Å². The third-order valence-corrected chi connectivity index (χ3v) is 8.66. The molecule has 0 bridgehead atoms. The number of sulfonamides is 1. The molecule has 0 aromatic heterocycles. The molecule has 1 heterocycles. The molecule has 1 saturated heterocycles. The fourth-order valence-electron chi connectivity index (χ4n) is 4.60. The van der Waals surface area contributed by atoms with Gasteiger partial charge in [-0.3, -0.25) is 19.9 Å². The number of rotatable bonds is 11. The van der Waals surface area contributed by atoms with E-state index in [9.17, 15) is 18.3 Å². The van der Waals surface area contributed by atoms with E-state index in [1.807, 2.05) is 35.2 Å². The first-order chi connectivity index (χ1) is 20.0. The number of halogens is 1. The van der Waals surface area contributed by atoms with Gasteiger partial charge in [0, 0.05) is 37.1 Å². The van der Waals surface area contributed by atoms with Gasteiger partial charge in [-0.05, 0) is 29.8 Å². The molecule has 220 valence electrons. The second-order valence-electron chi connectivity index (χ2n) is 9.76. The predicted octanol–water partition coefficient (Wildman–Crippen LogP) is 4.43. The summed E-state index contributed by atoms with van der Waals surface area (Å²) < 4.78 is 33.1. The number of carbonyl (C=O) groups is 1. The molecule has 3 aromatic carbocycles. The number of hydrogen-bond donors (Lipinski definition) is 4. The fourth-order valence-corrected chi connectivity index (χ4v) is 6.04. The van der Waals surface area contributed by atoms with Crippen molar-refractivity contribution in [2.75, 3.05) is 29.7 Å². The summed E-state index contributed by atoms with van der Waals surface area (Å²) in [6.45, 7) is 1.15. The van der Waals surface area contributed by atoms with Gasteiger partial charge in [-0.1, -0.05) is 72.3 Å². The van der Waals surface area contributed by atoms with E-state index in [0.29, 0.717) is 48.6 Å². The highest BCUT2D eigenvalue weighted by Gasteiger charge is 2.27. The van der Waals surface area contributed by atoms with Gasteiger partial charge < -0.3 is 20.5 Å². The van der Waals surface area contributed by atoms with Crippen molar-refractivity contribution in [2.24, 2.45) is 5.73 Å². The lowest BCUT2D eigenvalue weighted by Crippen LogP contribution is -2.41. The van der Waals surface area contributed by atoms with E-state index in [-0.39, 0.29) is 29.2 Å². The summed E-state index contributed by atoms with van der Waals surface area (Å²) in [6.07, 6.45) is 4.48. The van der Waals surface area contributed by atoms with Crippen LogP contribution in [0.15, 0.2) is 78.9 Å². The van der Waals surface area contributed by atoms with Crippen LogP contribution in [0.5, 0.6) is 5.75 Å². The molecular weight excluding hydrogens is 578 g/mol. The van der Waals surface area contributed by atoms with Crippen molar-refractivity contribution in [1.29, 1.82) is 10.8 Å². The Morgan fingerprint density at radius 1 is 1.05 bits per heavy atom. The normalized spacial score (nSPS) is 14.1. The van der Waals surface area contributed by atoms with E-state index in [0.717, 1.165) is 9.87 Å². The zero-order chi connectivity index (χ0) is 30.3. The largest absolute Gasteiger partial charge is 0.489 e. The minimum absolute atomic E-state index is 0.0925. The number of anilines is 1. The van der Waals surface area contributed by atoms with Crippen LogP contribution < -0.4 is 14.8 Å². The van der Waals surface area contributed by atoms with Crippen LogP contribution in [0.4, 0.5) is 5.69 Å². The highest BCUT2D eigenvalue weighted by molar-refractivity contribution is 7.93. The van der Waals surface area contributed by atoms with E-state index in [1.54, 1.807) is 42.5 Å². The lowest BCUT2D eigenvalue weighted by atomic mass is 10.1. The van der Waals surface area contributed by atoms with Crippen LogP contribution in [0.3, 0.4) is 0 Å². The molecule has 4 rings (SSSR count). The summed E-state index contributed by atoms with van der Waals surface area (Å²) in [5.74, 6) is -1.79. The van der Waals surface area contributed by atoms with Crippen LogP contribution in [0.2, 0.25) is 5.02 Å². The van der Waals surface area contributed by atoms with Crippen molar-refractivity contribution in [3.05, 3.63) is 101 Å². The third kappa shape index (κ3) is 7.89. The van der Waals surface area contributed by atoms with Crippen molar-refractivity contribution in [3.63, 3.8) is 0 Å². The van der Waals surface area contributed by atoms with Gasteiger partial charge in [0.1, 0.15) is 23.5 Å². The van der Waals surface area contributed by atoms with Crippen LogP contribution >= 0.6 is 11.6 Å². The fraction of sp³-hybridized carbons (Fsp3) is 0.233. The zero-order valence-corrected chi connectivity index (χ0v) is 24.3. The molecule has 0 atom stereocenters. The molecule has 10 nitrogen and oxygen atoms in total. The summed E-state index contributed by atoms with van der Waals surface area (Å²) >= 11 is 6.53. The minimum atomic E-state index is -4.24. The van der Waals surface area contributed by atoms with Crippen molar-refractivity contribution in [3.8, 4) is 5.75 Å². The third-order valence-electron chi connectivity index (χ3n) is 6.72. The van der Waals surface area contributed by atoms with Gasteiger partial charge in [-0.2, -0.15) is 0 Å². The Hall–Kier alpha value is -4.35. The summed E-state index contributed by atoms with van der Waals surface area (Å²) in [7, 11) is -4.24. The Balaban J connectivity index is 1.46. The molecule has 0 aliphatic carbocycles. The van der Waals surface area contributed by atoms with Gasteiger partial charge >= 0.3 is 5.97 Å². The summed E-state index contributed by atoms with van der Waals surface area (Å²) in [6, 6.07) is 21.0. The smallest absolute Gasteiger partial charge is 0.320 e. The molecule has 1 aliphatic heterocycles. The molecule has 0 amide bonds. The predicted molar refractivity (Wildman–Crippen MR) is 165 cm³/mol. The second-order valence-corrected chi connectivity index (χ2v) is 12.1. The monoisotopic (exact) mass is 609 g/mol. The molecule has 1 aliphatic rings. The van der Waals surface area contributed by atoms with E-state index < -0.39 is 21.7 Å². The maximum Gasteiger partial charge on any atom is 0.320 e. The van der Waals surface area contributed by atoms with Gasteiger partial charge in [-0.25, -0.2) is 8.42 Å². The first-order valence-electron chi connectivity index (χ1n) is 13.2. The molecule has 1 fully saturated rings. The number of carboxylic acids is 1. The zero-order valence-electron chi connectivity index (χ0n) is 22.7. The average Bonchev–Trinajstić information content (AvgIpc) is 2.96. The Labute approximate surface area is 250 Å². The van der Waals surface area contributed by atoms with Gasteiger partial charge in [0.05, 0.1) is 17.3 Å². The number of nitrogens with zero attached hydrogens (tertiary/aromatic N) is 2. The van der Waals surface area contributed by atoms with E-state index in [4.69, 9.17) is 32.9 Å². The standard InChI is InChI=1S/C30H32ClN5O5S/c31-26-19-24(11-12-27(26)41-25-13-16-35(17-14-25)30(34)22-8-2-1-3-9-22)36(42(39,40)20-28(37)38)15-5-7-21-6-4-10-23(18-21)29(32)33/h1-12,18-19,25,34H,13-17,20H2,(H3,32,33)(H,37,38)/b7-5+,34-30?. The van der Waals surface area contributed by atoms with Gasteiger partial charge in [0.15, 0.2) is 5.75 Å². The van der Waals surface area contributed by atoms with E-state index >= 15 is 0 Å². The molecule has 0 saturated carbocycles. The molecule has 0 radical (unpaired) electrons. The SMILES string of the molecule is N=C(N)c1cccc(/C=C/CN(c2ccc(OC3CCN(C(=N)c4ccccc4)CC3)c(Cl)c2)S(=O)(=O)CC(=O)O)c1. The van der Waals surface area contributed by atoms with Crippen LogP contribution in [-0.4, -0.2) is 67.6 Å². The number of piperidine rings is 1. The Kier molecular flexibility index (Phi) is 9.87. The molecule has 0 spiro atoms. The molecular formula is C30H32ClN5O5S. The quantitative estimate of drug-likeness (QED) is 0.185. The highest BCUT2D eigenvalue weighted by atomic mass is 35.5. The lowest BCUT2D eigenvalue weighted by molar-refractivity contribution is -0.134.